The number of rotatable bonds is 6. The first-order valence-corrected chi connectivity index (χ1v) is 6.93. The number of nitrogens with zero attached hydrogens (tertiary/aromatic N) is 2. The topological polar surface area (TPSA) is 114 Å². The van der Waals surface area contributed by atoms with Crippen molar-refractivity contribution in [3.63, 3.8) is 0 Å². The summed E-state index contributed by atoms with van der Waals surface area (Å²) < 4.78 is 5.90. The Kier molecular flexibility index (Phi) is 4.53. The fourth-order valence-corrected chi connectivity index (χ4v) is 2.77. The molecule has 0 bridgehead atoms. The Bertz CT molecular complexity index is 702. The van der Waals surface area contributed by atoms with Crippen LogP contribution < -0.4 is 5.69 Å². The highest BCUT2D eigenvalue weighted by Gasteiger charge is 2.24. The summed E-state index contributed by atoms with van der Waals surface area (Å²) in [5.74, 6) is -0.895. The zero-order chi connectivity index (χ0) is 15.4. The third kappa shape index (κ3) is 3.19. The van der Waals surface area contributed by atoms with Crippen molar-refractivity contribution < 1.29 is 14.6 Å². The van der Waals surface area contributed by atoms with Crippen molar-refractivity contribution in [2.45, 2.75) is 19.5 Å². The molecule has 0 aromatic carbocycles. The Morgan fingerprint density at radius 3 is 2.90 bits per heavy atom. The Balaban J connectivity index is 2.19. The van der Waals surface area contributed by atoms with Crippen LogP contribution in [-0.4, -0.2) is 27.2 Å². The molecule has 0 saturated carbocycles. The molecule has 2 N–H and O–H groups in total. The molecule has 2 heterocycles. The van der Waals surface area contributed by atoms with Gasteiger partial charge in [-0.15, -0.1) is 16.2 Å². The Morgan fingerprint density at radius 2 is 2.33 bits per heavy atom. The second kappa shape index (κ2) is 6.35. The van der Waals surface area contributed by atoms with Crippen LogP contribution in [0.15, 0.2) is 28.3 Å². The summed E-state index contributed by atoms with van der Waals surface area (Å²) in [5.41, 5.74) is -0.446. The number of aromatic nitrogens is 2. The number of thiophene rings is 1. The molecular formula is C12H13N3O5S. The summed E-state index contributed by atoms with van der Waals surface area (Å²) in [5, 5.41) is 12.3. The standard InChI is InChI=1S/C12H13N3O5S/c1-2-20-11(17)10(14-19)8-4-3-7(21-8)6-15-9(16)5-13-12(15)18/h3-5,10,16H,2,6H2,1H3,(H,13,18). The molecule has 0 fully saturated rings. The van der Waals surface area contributed by atoms with Crippen molar-refractivity contribution >= 4 is 17.3 Å². The van der Waals surface area contributed by atoms with E-state index in [1.807, 2.05) is 0 Å². The largest absolute Gasteiger partial charge is 0.493 e. The van der Waals surface area contributed by atoms with Crippen molar-refractivity contribution in [2.75, 3.05) is 6.61 Å². The minimum Gasteiger partial charge on any atom is -0.493 e. The van der Waals surface area contributed by atoms with E-state index in [2.05, 4.69) is 10.2 Å². The Hall–Kier alpha value is -2.42. The molecule has 0 amide bonds. The van der Waals surface area contributed by atoms with Gasteiger partial charge in [0, 0.05) is 9.75 Å². The van der Waals surface area contributed by atoms with Gasteiger partial charge in [-0.2, -0.15) is 0 Å². The van der Waals surface area contributed by atoms with Crippen molar-refractivity contribution in [2.24, 2.45) is 5.18 Å². The fraction of sp³-hybridized carbons (Fsp3) is 0.333. The van der Waals surface area contributed by atoms with E-state index < -0.39 is 17.7 Å². The predicted molar refractivity (Wildman–Crippen MR) is 75.3 cm³/mol. The molecule has 2 aromatic heterocycles. The lowest BCUT2D eigenvalue weighted by Gasteiger charge is -2.05. The first-order valence-electron chi connectivity index (χ1n) is 6.11. The van der Waals surface area contributed by atoms with E-state index in [0.717, 1.165) is 15.9 Å². The molecule has 0 saturated heterocycles. The molecule has 9 heteroatoms. The molecule has 8 nitrogen and oxygen atoms in total. The Labute approximate surface area is 123 Å². The molecular weight excluding hydrogens is 298 g/mol. The first kappa shape index (κ1) is 15.0. The smallest absolute Gasteiger partial charge is 0.340 e. The molecule has 0 aliphatic carbocycles. The van der Waals surface area contributed by atoms with Gasteiger partial charge in [-0.1, -0.05) is 0 Å². The van der Waals surface area contributed by atoms with Crippen LogP contribution in [0.2, 0.25) is 0 Å². The minimum atomic E-state index is -1.21. The van der Waals surface area contributed by atoms with Gasteiger partial charge in [0.05, 0.1) is 19.3 Å². The van der Waals surface area contributed by atoms with Crippen LogP contribution in [0.3, 0.4) is 0 Å². The summed E-state index contributed by atoms with van der Waals surface area (Å²) >= 11 is 1.16. The van der Waals surface area contributed by atoms with Crippen LogP contribution in [0.1, 0.15) is 22.7 Å². The van der Waals surface area contributed by atoms with Crippen molar-refractivity contribution in [3.05, 3.63) is 43.5 Å². The van der Waals surface area contributed by atoms with E-state index in [1.54, 1.807) is 19.1 Å². The lowest BCUT2D eigenvalue weighted by atomic mass is 10.2. The average Bonchev–Trinajstić information content (AvgIpc) is 3.02. The van der Waals surface area contributed by atoms with Crippen LogP contribution in [0.4, 0.5) is 0 Å². The zero-order valence-corrected chi connectivity index (χ0v) is 11.9. The van der Waals surface area contributed by atoms with Crippen LogP contribution in [0.5, 0.6) is 5.88 Å². The van der Waals surface area contributed by atoms with Gasteiger partial charge in [-0.05, 0) is 24.2 Å². The summed E-state index contributed by atoms with van der Waals surface area (Å²) in [6.45, 7) is 1.93. The molecule has 0 aliphatic heterocycles. The van der Waals surface area contributed by atoms with Crippen molar-refractivity contribution in [1.82, 2.24) is 9.55 Å². The molecule has 112 valence electrons. The Morgan fingerprint density at radius 1 is 1.57 bits per heavy atom. The number of hydrogen-bond acceptors (Lipinski definition) is 7. The van der Waals surface area contributed by atoms with E-state index in [-0.39, 0.29) is 19.0 Å². The lowest BCUT2D eigenvalue weighted by Crippen LogP contribution is -2.16. The van der Waals surface area contributed by atoms with Crippen LogP contribution in [0, 0.1) is 4.91 Å². The van der Waals surface area contributed by atoms with Gasteiger partial charge in [0.2, 0.25) is 11.9 Å². The van der Waals surface area contributed by atoms with E-state index in [9.17, 15) is 19.6 Å². The molecule has 21 heavy (non-hydrogen) atoms. The molecule has 1 atom stereocenters. The highest BCUT2D eigenvalue weighted by Crippen LogP contribution is 2.28. The summed E-state index contributed by atoms with van der Waals surface area (Å²) in [6, 6.07) is 2.04. The maximum atomic E-state index is 11.6. The molecule has 1 unspecified atom stereocenters. The maximum Gasteiger partial charge on any atom is 0.340 e. The van der Waals surface area contributed by atoms with Crippen molar-refractivity contribution in [1.29, 1.82) is 0 Å². The number of imidazole rings is 1. The zero-order valence-electron chi connectivity index (χ0n) is 11.1. The van der Waals surface area contributed by atoms with E-state index in [4.69, 9.17) is 4.74 Å². The number of ether oxygens (including phenoxy) is 1. The van der Waals surface area contributed by atoms with Gasteiger partial charge < -0.3 is 14.8 Å². The highest BCUT2D eigenvalue weighted by atomic mass is 32.1. The number of carbonyl (C=O) groups excluding carboxylic acids is 1. The predicted octanol–water partition coefficient (Wildman–Crippen LogP) is 1.36. The number of H-pyrrole nitrogens is 1. The SMILES string of the molecule is CCOC(=O)C(N=O)c1ccc(Cn2c(O)c[nH]c2=O)s1. The number of hydrogen-bond donors (Lipinski definition) is 2. The van der Waals surface area contributed by atoms with Gasteiger partial charge in [0.1, 0.15) is 0 Å². The van der Waals surface area contributed by atoms with E-state index >= 15 is 0 Å². The summed E-state index contributed by atoms with van der Waals surface area (Å²) in [4.78, 5) is 37.3. The second-order valence-electron chi connectivity index (χ2n) is 4.10. The first-order chi connectivity index (χ1) is 10.1. The quantitative estimate of drug-likeness (QED) is 0.617. The lowest BCUT2D eigenvalue weighted by molar-refractivity contribution is -0.144. The second-order valence-corrected chi connectivity index (χ2v) is 5.30. The van der Waals surface area contributed by atoms with Crippen LogP contribution >= 0.6 is 11.3 Å². The van der Waals surface area contributed by atoms with Crippen LogP contribution in [0.25, 0.3) is 0 Å². The normalized spacial score (nSPS) is 12.0. The average molecular weight is 311 g/mol. The monoisotopic (exact) mass is 311 g/mol. The van der Waals surface area contributed by atoms with Gasteiger partial charge in [-0.3, -0.25) is 4.57 Å². The molecule has 0 spiro atoms. The van der Waals surface area contributed by atoms with Crippen LogP contribution in [-0.2, 0) is 16.1 Å². The minimum absolute atomic E-state index is 0.132. The third-order valence-electron chi connectivity index (χ3n) is 2.73. The molecule has 2 rings (SSSR count). The van der Waals surface area contributed by atoms with E-state index in [1.165, 1.54) is 6.20 Å². The summed E-state index contributed by atoms with van der Waals surface area (Å²) in [6.07, 6.45) is 1.19. The molecule has 2 aromatic rings. The van der Waals surface area contributed by atoms with Crippen molar-refractivity contribution in [3.8, 4) is 5.88 Å². The number of esters is 1. The fourth-order valence-electron chi connectivity index (χ4n) is 1.75. The maximum absolute atomic E-state index is 11.6. The van der Waals surface area contributed by atoms with Gasteiger partial charge in [0.25, 0.3) is 0 Å². The number of nitroso groups, excluding NO2 is 1. The number of aromatic amines is 1. The number of nitrogens with one attached hydrogen (secondary N) is 1. The highest BCUT2D eigenvalue weighted by molar-refractivity contribution is 7.12. The number of aromatic hydroxyl groups is 1. The van der Waals surface area contributed by atoms with Gasteiger partial charge >= 0.3 is 11.7 Å². The molecule has 0 aliphatic rings. The molecule has 0 radical (unpaired) electrons. The van der Waals surface area contributed by atoms with Gasteiger partial charge in [0.15, 0.2) is 0 Å². The third-order valence-corrected chi connectivity index (χ3v) is 3.85. The summed E-state index contributed by atoms with van der Waals surface area (Å²) in [7, 11) is 0. The van der Waals surface area contributed by atoms with Gasteiger partial charge in [-0.25, -0.2) is 9.59 Å². The number of carbonyl (C=O) groups is 1. The van der Waals surface area contributed by atoms with E-state index in [0.29, 0.717) is 9.75 Å².